The molecule has 0 N–H and O–H groups in total. The largest absolute Gasteiger partial charge is 0.310 e. The van der Waals surface area contributed by atoms with Crippen molar-refractivity contribution in [2.45, 2.75) is 79.1 Å². The molecule has 252 valence electrons. The van der Waals surface area contributed by atoms with E-state index in [1.54, 1.807) is 0 Å². The van der Waals surface area contributed by atoms with Gasteiger partial charge in [-0.3, -0.25) is 0 Å². The van der Waals surface area contributed by atoms with Crippen molar-refractivity contribution >= 4 is 34.1 Å². The van der Waals surface area contributed by atoms with E-state index < -0.39 is 0 Å². The summed E-state index contributed by atoms with van der Waals surface area (Å²) in [6, 6.07) is 50.4. The molecule has 50 heavy (non-hydrogen) atoms. The average molecular weight is 655 g/mol. The van der Waals surface area contributed by atoms with Crippen molar-refractivity contribution < 1.29 is 0 Å². The Labute approximate surface area is 300 Å². The molecule has 0 amide bonds. The topological polar surface area (TPSA) is 6.48 Å². The summed E-state index contributed by atoms with van der Waals surface area (Å²) in [6.07, 6.45) is 6.14. The molecule has 0 unspecified atom stereocenters. The Morgan fingerprint density at radius 1 is 0.340 bits per heavy atom. The lowest BCUT2D eigenvalue weighted by molar-refractivity contribution is 0.346. The molecule has 0 radical (unpaired) electrons. The van der Waals surface area contributed by atoms with E-state index in [1.165, 1.54) is 111 Å². The third kappa shape index (κ3) is 6.60. The van der Waals surface area contributed by atoms with Crippen LogP contribution in [0, 0.1) is 41.5 Å². The Kier molecular flexibility index (Phi) is 9.38. The fraction of sp³-hybridized carbons (Fsp3) is 0.250. The number of rotatable bonds is 8. The molecule has 0 atom stereocenters. The van der Waals surface area contributed by atoms with Crippen molar-refractivity contribution in [3.63, 3.8) is 0 Å². The van der Waals surface area contributed by atoms with Crippen molar-refractivity contribution in [3.8, 4) is 0 Å². The quantitative estimate of drug-likeness (QED) is 0.161. The highest BCUT2D eigenvalue weighted by Crippen LogP contribution is 2.47. The van der Waals surface area contributed by atoms with Gasteiger partial charge in [0.05, 0.1) is 0 Å². The average Bonchev–Trinajstić information content (AvgIpc) is 3.14. The highest BCUT2D eigenvalue weighted by molar-refractivity contribution is 5.79. The predicted molar refractivity (Wildman–Crippen MR) is 215 cm³/mol. The number of anilines is 6. The van der Waals surface area contributed by atoms with E-state index in [0.29, 0.717) is 0 Å². The molecule has 1 aliphatic carbocycles. The first kappa shape index (κ1) is 33.4. The molecule has 2 heteroatoms. The number of aryl methyl sites for hydroxylation is 6. The zero-order chi connectivity index (χ0) is 34.8. The second-order valence-corrected chi connectivity index (χ2v) is 14.6. The maximum atomic E-state index is 2.41. The first-order valence-corrected chi connectivity index (χ1v) is 18.3. The lowest BCUT2D eigenvalue weighted by Crippen LogP contribution is -2.30. The Balaban J connectivity index is 1.26. The molecule has 0 saturated heterocycles. The maximum Gasteiger partial charge on any atom is 0.0464 e. The predicted octanol–water partition coefficient (Wildman–Crippen LogP) is 13.7. The van der Waals surface area contributed by atoms with Crippen LogP contribution in [0.25, 0.3) is 0 Å². The van der Waals surface area contributed by atoms with Gasteiger partial charge in [-0.05, 0) is 161 Å². The van der Waals surface area contributed by atoms with E-state index in [2.05, 4.69) is 185 Å². The Bertz CT molecular complexity index is 1920. The summed E-state index contributed by atoms with van der Waals surface area (Å²) >= 11 is 0. The van der Waals surface area contributed by atoms with Crippen molar-refractivity contribution in [3.05, 3.63) is 178 Å². The van der Waals surface area contributed by atoms with Gasteiger partial charge in [0.1, 0.15) is 0 Å². The Morgan fingerprint density at radius 2 is 0.660 bits per heavy atom. The van der Waals surface area contributed by atoms with Gasteiger partial charge in [0.2, 0.25) is 0 Å². The third-order valence-electron chi connectivity index (χ3n) is 11.1. The third-order valence-corrected chi connectivity index (χ3v) is 11.1. The minimum atomic E-state index is -0.000415. The van der Waals surface area contributed by atoms with E-state index in [4.69, 9.17) is 0 Å². The zero-order valence-corrected chi connectivity index (χ0v) is 30.6. The fourth-order valence-electron chi connectivity index (χ4n) is 7.77. The molecule has 6 aromatic rings. The number of benzene rings is 6. The molecule has 0 aromatic heterocycles. The molecule has 0 aliphatic heterocycles. The van der Waals surface area contributed by atoms with Gasteiger partial charge in [-0.15, -0.1) is 0 Å². The highest BCUT2D eigenvalue weighted by atomic mass is 15.1. The van der Waals surface area contributed by atoms with E-state index in [1.807, 2.05) is 0 Å². The fourth-order valence-corrected chi connectivity index (χ4v) is 7.77. The summed E-state index contributed by atoms with van der Waals surface area (Å²) < 4.78 is 0. The first-order chi connectivity index (χ1) is 24.2. The van der Waals surface area contributed by atoms with Crippen LogP contribution in [-0.4, -0.2) is 0 Å². The minimum Gasteiger partial charge on any atom is -0.310 e. The van der Waals surface area contributed by atoms with Crippen LogP contribution in [0.4, 0.5) is 34.1 Å². The van der Waals surface area contributed by atoms with Gasteiger partial charge in [-0.2, -0.15) is 0 Å². The van der Waals surface area contributed by atoms with Gasteiger partial charge in [0.25, 0.3) is 0 Å². The van der Waals surface area contributed by atoms with Crippen LogP contribution in [0.1, 0.15) is 76.6 Å². The second kappa shape index (κ2) is 14.0. The smallest absolute Gasteiger partial charge is 0.0464 e. The summed E-state index contributed by atoms with van der Waals surface area (Å²) in [7, 11) is 0. The van der Waals surface area contributed by atoms with Gasteiger partial charge in [0, 0.05) is 39.5 Å². The summed E-state index contributed by atoms with van der Waals surface area (Å²) in [5.74, 6) is 0. The van der Waals surface area contributed by atoms with E-state index >= 15 is 0 Å². The van der Waals surface area contributed by atoms with Gasteiger partial charge in [-0.25, -0.2) is 0 Å². The molecular formula is C48H50N2. The van der Waals surface area contributed by atoms with E-state index in [-0.39, 0.29) is 5.41 Å². The van der Waals surface area contributed by atoms with Gasteiger partial charge in [-0.1, -0.05) is 91.1 Å². The van der Waals surface area contributed by atoms with Gasteiger partial charge >= 0.3 is 0 Å². The first-order valence-electron chi connectivity index (χ1n) is 18.3. The highest BCUT2D eigenvalue weighted by Gasteiger charge is 2.36. The molecule has 7 rings (SSSR count). The molecule has 0 bridgehead atoms. The monoisotopic (exact) mass is 654 g/mol. The molecule has 6 aromatic carbocycles. The molecule has 0 heterocycles. The molecule has 1 saturated carbocycles. The van der Waals surface area contributed by atoms with Crippen molar-refractivity contribution in [2.75, 3.05) is 9.80 Å². The molecule has 2 nitrogen and oxygen atoms in total. The van der Waals surface area contributed by atoms with Crippen LogP contribution in [0.3, 0.4) is 0 Å². The van der Waals surface area contributed by atoms with Crippen LogP contribution in [0.5, 0.6) is 0 Å². The summed E-state index contributed by atoms with van der Waals surface area (Å²) in [4.78, 5) is 4.79. The van der Waals surface area contributed by atoms with E-state index in [9.17, 15) is 0 Å². The summed E-state index contributed by atoms with van der Waals surface area (Å²) in [6.45, 7) is 13.1. The van der Waals surface area contributed by atoms with Gasteiger partial charge in [0.15, 0.2) is 0 Å². The van der Waals surface area contributed by atoms with E-state index in [0.717, 1.165) is 0 Å². The number of nitrogens with zero attached hydrogens (tertiary/aromatic N) is 2. The lowest BCUT2D eigenvalue weighted by Gasteiger charge is -2.39. The van der Waals surface area contributed by atoms with Crippen LogP contribution in [-0.2, 0) is 5.41 Å². The van der Waals surface area contributed by atoms with Crippen molar-refractivity contribution in [1.82, 2.24) is 0 Å². The standard InChI is InChI=1S/C48H50N2/c1-34-10-20-42(21-11-34)49(46-24-14-36(3)38(5)32-46)44-26-16-40(17-27-44)48(30-8-7-9-31-48)41-18-28-45(29-19-41)50(43-22-12-35(2)13-23-43)47-25-15-37(4)39(6)33-47/h10-29,32-33H,7-9,30-31H2,1-6H3. The molecular weight excluding hydrogens is 605 g/mol. The summed E-state index contributed by atoms with van der Waals surface area (Å²) in [5.41, 5.74) is 17.7. The SMILES string of the molecule is Cc1ccc(N(c2ccc(C3(c4ccc(N(c5ccc(C)cc5)c5ccc(C)c(C)c5)cc4)CCCCC3)cc2)c2ccc(C)c(C)c2)cc1. The zero-order valence-electron chi connectivity index (χ0n) is 30.6. The number of hydrogen-bond donors (Lipinski definition) is 0. The van der Waals surface area contributed by atoms with Gasteiger partial charge < -0.3 is 9.80 Å². The van der Waals surface area contributed by atoms with Crippen molar-refractivity contribution in [1.29, 1.82) is 0 Å². The number of hydrogen-bond acceptors (Lipinski definition) is 2. The molecule has 1 fully saturated rings. The van der Waals surface area contributed by atoms with Crippen LogP contribution in [0.15, 0.2) is 133 Å². The van der Waals surface area contributed by atoms with Crippen LogP contribution < -0.4 is 9.80 Å². The molecule has 1 aliphatic rings. The molecule has 0 spiro atoms. The van der Waals surface area contributed by atoms with Crippen LogP contribution in [0.2, 0.25) is 0 Å². The minimum absolute atomic E-state index is 0.000415. The Hall–Kier alpha value is -5.08. The maximum absolute atomic E-state index is 2.41. The normalized spacial score (nSPS) is 14.0. The second-order valence-electron chi connectivity index (χ2n) is 14.6. The van der Waals surface area contributed by atoms with Crippen molar-refractivity contribution in [2.24, 2.45) is 0 Å². The lowest BCUT2D eigenvalue weighted by atomic mass is 9.65. The Morgan fingerprint density at radius 3 is 1.00 bits per heavy atom. The van der Waals surface area contributed by atoms with Crippen LogP contribution >= 0.6 is 0 Å². The summed E-state index contributed by atoms with van der Waals surface area (Å²) in [5, 5.41) is 0.